The summed E-state index contributed by atoms with van der Waals surface area (Å²) in [7, 11) is 1.93. The molecule has 0 unspecified atom stereocenters. The van der Waals surface area contributed by atoms with Gasteiger partial charge in [0.25, 0.3) is 0 Å². The number of hydrogen-bond donors (Lipinski definition) is 1. The molecule has 0 atom stereocenters. The number of hydrogen-bond acceptors (Lipinski definition) is 4. The first-order chi connectivity index (χ1) is 10.1. The Kier molecular flexibility index (Phi) is 4.98. The van der Waals surface area contributed by atoms with E-state index in [1.54, 1.807) is 18.5 Å². The molecule has 0 saturated carbocycles. The van der Waals surface area contributed by atoms with Crippen molar-refractivity contribution in [2.24, 2.45) is 0 Å². The van der Waals surface area contributed by atoms with Crippen molar-refractivity contribution in [1.82, 2.24) is 4.98 Å². The molecule has 5 heteroatoms. The summed E-state index contributed by atoms with van der Waals surface area (Å²) in [5, 5.41) is 0. The third-order valence-corrected chi connectivity index (χ3v) is 3.28. The number of aromatic nitrogens is 1. The van der Waals surface area contributed by atoms with Gasteiger partial charge in [0.05, 0.1) is 18.0 Å². The van der Waals surface area contributed by atoms with Crippen molar-refractivity contribution in [2.75, 3.05) is 30.8 Å². The van der Waals surface area contributed by atoms with Gasteiger partial charge in [-0.15, -0.1) is 0 Å². The van der Waals surface area contributed by atoms with Crippen LogP contribution < -0.4 is 15.4 Å². The Hall–Kier alpha value is -2.30. The van der Waals surface area contributed by atoms with Crippen molar-refractivity contribution < 1.29 is 9.13 Å². The Balaban J connectivity index is 2.11. The summed E-state index contributed by atoms with van der Waals surface area (Å²) in [6.07, 6.45) is 4.41. The molecule has 0 fully saturated rings. The molecule has 2 aromatic rings. The van der Waals surface area contributed by atoms with E-state index in [0.717, 1.165) is 18.7 Å². The second kappa shape index (κ2) is 6.92. The molecule has 1 aromatic heterocycles. The van der Waals surface area contributed by atoms with Crippen LogP contribution in [0.4, 0.5) is 15.8 Å². The molecule has 0 amide bonds. The van der Waals surface area contributed by atoms with Gasteiger partial charge in [0.1, 0.15) is 0 Å². The fourth-order valence-corrected chi connectivity index (χ4v) is 2.12. The molecule has 0 saturated heterocycles. The van der Waals surface area contributed by atoms with E-state index >= 15 is 0 Å². The fourth-order valence-electron chi connectivity index (χ4n) is 2.12. The normalized spacial score (nSPS) is 10.4. The number of nitrogen functional groups attached to an aromatic ring is 1. The Morgan fingerprint density at radius 3 is 2.67 bits per heavy atom. The summed E-state index contributed by atoms with van der Waals surface area (Å²) in [6, 6.07) is 6.92. The zero-order valence-corrected chi connectivity index (χ0v) is 12.3. The summed E-state index contributed by atoms with van der Waals surface area (Å²) in [5.41, 5.74) is 8.29. The van der Waals surface area contributed by atoms with Gasteiger partial charge in [-0.1, -0.05) is 0 Å². The van der Waals surface area contributed by atoms with Crippen LogP contribution in [0.2, 0.25) is 0 Å². The van der Waals surface area contributed by atoms with Crippen LogP contribution in [-0.2, 0) is 6.42 Å². The first-order valence-corrected chi connectivity index (χ1v) is 6.93. The maximum absolute atomic E-state index is 13.7. The number of rotatable bonds is 6. The monoisotopic (exact) mass is 289 g/mol. The lowest BCUT2D eigenvalue weighted by Crippen LogP contribution is -2.21. The van der Waals surface area contributed by atoms with Crippen molar-refractivity contribution in [1.29, 1.82) is 0 Å². The van der Waals surface area contributed by atoms with Gasteiger partial charge in [-0.2, -0.15) is 0 Å². The van der Waals surface area contributed by atoms with Gasteiger partial charge in [-0.25, -0.2) is 4.39 Å². The Labute approximate surface area is 124 Å². The van der Waals surface area contributed by atoms with Crippen molar-refractivity contribution in [2.45, 2.75) is 13.3 Å². The highest BCUT2D eigenvalue weighted by Gasteiger charge is 2.12. The van der Waals surface area contributed by atoms with Gasteiger partial charge in [0, 0.05) is 38.1 Å². The van der Waals surface area contributed by atoms with Crippen LogP contribution in [0.3, 0.4) is 0 Å². The maximum atomic E-state index is 13.7. The summed E-state index contributed by atoms with van der Waals surface area (Å²) < 4.78 is 19.0. The predicted octanol–water partition coefficient (Wildman–Crippen LogP) is 2.88. The minimum atomic E-state index is -0.430. The smallest absolute Gasteiger partial charge is 0.167 e. The summed E-state index contributed by atoms with van der Waals surface area (Å²) in [5.74, 6) is -0.196. The number of ether oxygens (including phenoxy) is 1. The number of pyridine rings is 1. The molecular formula is C16H20FN3O. The summed E-state index contributed by atoms with van der Waals surface area (Å²) in [6.45, 7) is 3.01. The predicted molar refractivity (Wildman–Crippen MR) is 83.2 cm³/mol. The average molecular weight is 289 g/mol. The van der Waals surface area contributed by atoms with Crippen LogP contribution in [0.5, 0.6) is 5.75 Å². The van der Waals surface area contributed by atoms with Crippen LogP contribution in [0.25, 0.3) is 0 Å². The van der Waals surface area contributed by atoms with E-state index in [2.05, 4.69) is 4.98 Å². The Bertz CT molecular complexity index is 590. The fraction of sp³-hybridized carbons (Fsp3) is 0.312. The number of halogens is 1. The van der Waals surface area contributed by atoms with E-state index in [1.807, 2.05) is 31.0 Å². The highest BCUT2D eigenvalue weighted by Crippen LogP contribution is 2.30. The van der Waals surface area contributed by atoms with Gasteiger partial charge in [0.15, 0.2) is 11.6 Å². The minimum absolute atomic E-state index is 0.234. The maximum Gasteiger partial charge on any atom is 0.167 e. The minimum Gasteiger partial charge on any atom is -0.491 e. The number of likely N-dealkylation sites (N-methyl/N-ethyl adjacent to an activating group) is 1. The van der Waals surface area contributed by atoms with Gasteiger partial charge >= 0.3 is 0 Å². The van der Waals surface area contributed by atoms with Crippen molar-refractivity contribution >= 4 is 11.4 Å². The van der Waals surface area contributed by atoms with E-state index in [1.165, 1.54) is 11.6 Å². The average Bonchev–Trinajstić information content (AvgIpc) is 2.49. The number of nitrogens with two attached hydrogens (primary N) is 1. The highest BCUT2D eigenvalue weighted by molar-refractivity contribution is 5.69. The summed E-state index contributed by atoms with van der Waals surface area (Å²) in [4.78, 5) is 5.99. The van der Waals surface area contributed by atoms with Crippen LogP contribution in [0, 0.1) is 5.82 Å². The Morgan fingerprint density at radius 1 is 1.29 bits per heavy atom. The molecule has 2 rings (SSSR count). The Morgan fingerprint density at radius 2 is 2.00 bits per heavy atom. The van der Waals surface area contributed by atoms with Crippen LogP contribution in [-0.4, -0.2) is 25.2 Å². The molecule has 0 bridgehead atoms. The van der Waals surface area contributed by atoms with E-state index < -0.39 is 5.82 Å². The zero-order chi connectivity index (χ0) is 15.2. The van der Waals surface area contributed by atoms with Gasteiger partial charge < -0.3 is 15.4 Å². The third kappa shape index (κ3) is 3.84. The molecule has 112 valence electrons. The van der Waals surface area contributed by atoms with Gasteiger partial charge in [-0.3, -0.25) is 4.98 Å². The zero-order valence-electron chi connectivity index (χ0n) is 12.3. The molecule has 0 aliphatic carbocycles. The molecule has 1 aromatic carbocycles. The third-order valence-electron chi connectivity index (χ3n) is 3.28. The first kappa shape index (κ1) is 15.1. The van der Waals surface area contributed by atoms with Crippen LogP contribution >= 0.6 is 0 Å². The molecule has 2 N–H and O–H groups in total. The topological polar surface area (TPSA) is 51.4 Å². The van der Waals surface area contributed by atoms with Crippen molar-refractivity contribution in [3.63, 3.8) is 0 Å². The highest BCUT2D eigenvalue weighted by atomic mass is 19.1. The standard InChI is InChI=1S/C16H20FN3O/c1-3-21-16-11-15(14(18)10-13(16)17)20(2)9-6-12-4-7-19-8-5-12/h4-5,7-8,10-11H,3,6,9,18H2,1-2H3. The molecule has 0 aliphatic rings. The lowest BCUT2D eigenvalue weighted by Gasteiger charge is -2.22. The number of nitrogens with zero attached hydrogens (tertiary/aromatic N) is 2. The van der Waals surface area contributed by atoms with Crippen LogP contribution in [0.1, 0.15) is 12.5 Å². The second-order valence-corrected chi connectivity index (χ2v) is 4.80. The van der Waals surface area contributed by atoms with E-state index in [9.17, 15) is 4.39 Å². The molecule has 21 heavy (non-hydrogen) atoms. The molecule has 0 radical (unpaired) electrons. The van der Waals surface area contributed by atoms with E-state index in [0.29, 0.717) is 12.3 Å². The second-order valence-electron chi connectivity index (χ2n) is 4.80. The first-order valence-electron chi connectivity index (χ1n) is 6.93. The van der Waals surface area contributed by atoms with E-state index in [4.69, 9.17) is 10.5 Å². The molecule has 0 aliphatic heterocycles. The quantitative estimate of drug-likeness (QED) is 0.831. The number of benzene rings is 1. The lowest BCUT2D eigenvalue weighted by atomic mass is 10.1. The van der Waals surface area contributed by atoms with Crippen molar-refractivity contribution in [3.8, 4) is 5.75 Å². The van der Waals surface area contributed by atoms with E-state index in [-0.39, 0.29) is 5.75 Å². The molecule has 0 spiro atoms. The molecule has 1 heterocycles. The van der Waals surface area contributed by atoms with Gasteiger partial charge in [0.2, 0.25) is 0 Å². The largest absolute Gasteiger partial charge is 0.491 e. The molecular weight excluding hydrogens is 269 g/mol. The SMILES string of the molecule is CCOc1cc(N(C)CCc2ccncc2)c(N)cc1F. The molecule has 4 nitrogen and oxygen atoms in total. The lowest BCUT2D eigenvalue weighted by molar-refractivity contribution is 0.322. The number of anilines is 2. The summed E-state index contributed by atoms with van der Waals surface area (Å²) >= 11 is 0. The van der Waals surface area contributed by atoms with Gasteiger partial charge in [-0.05, 0) is 31.0 Å². The van der Waals surface area contributed by atoms with Crippen molar-refractivity contribution in [3.05, 3.63) is 48.0 Å². The van der Waals surface area contributed by atoms with Crippen LogP contribution in [0.15, 0.2) is 36.7 Å².